The van der Waals surface area contributed by atoms with Crippen LogP contribution in [0.15, 0.2) is 42.5 Å². The lowest BCUT2D eigenvalue weighted by Gasteiger charge is -2.31. The second kappa shape index (κ2) is 7.89. The van der Waals surface area contributed by atoms with Gasteiger partial charge in [-0.1, -0.05) is 11.6 Å². The summed E-state index contributed by atoms with van der Waals surface area (Å²) in [5, 5.41) is 10.1. The number of phenols is 1. The van der Waals surface area contributed by atoms with Crippen LogP contribution in [-0.2, 0) is 6.54 Å². The van der Waals surface area contributed by atoms with E-state index < -0.39 is 0 Å². The van der Waals surface area contributed by atoms with Gasteiger partial charge in [0.1, 0.15) is 11.5 Å². The molecule has 0 bridgehead atoms. The van der Waals surface area contributed by atoms with Crippen LogP contribution in [0.3, 0.4) is 0 Å². The minimum atomic E-state index is 0.0436. The summed E-state index contributed by atoms with van der Waals surface area (Å²) in [6, 6.07) is 12.2. The first kappa shape index (κ1) is 17.8. The second-order valence-electron chi connectivity index (χ2n) is 6.42. The van der Waals surface area contributed by atoms with Crippen molar-refractivity contribution in [1.29, 1.82) is 0 Å². The number of phenolic OH excluding ortho intramolecular Hbond substituents is 1. The van der Waals surface area contributed by atoms with Crippen molar-refractivity contribution in [2.75, 3.05) is 20.2 Å². The van der Waals surface area contributed by atoms with Crippen molar-refractivity contribution in [2.24, 2.45) is 5.92 Å². The number of benzene rings is 2. The molecule has 1 aliphatic heterocycles. The quantitative estimate of drug-likeness (QED) is 0.815. The van der Waals surface area contributed by atoms with Crippen LogP contribution in [0.5, 0.6) is 11.5 Å². The summed E-state index contributed by atoms with van der Waals surface area (Å²) >= 11 is 6.10. The van der Waals surface area contributed by atoms with Crippen molar-refractivity contribution in [3.05, 3.63) is 58.6 Å². The van der Waals surface area contributed by atoms with E-state index in [0.29, 0.717) is 10.6 Å². The third-order valence-electron chi connectivity index (χ3n) is 4.75. The molecule has 2 aromatic rings. The highest BCUT2D eigenvalue weighted by Gasteiger charge is 2.26. The van der Waals surface area contributed by atoms with E-state index in [9.17, 15) is 9.90 Å². The standard InChI is InChI=1S/C20H22ClNO3/c1-25-19-7-4-17(21)12-16(19)13-22-10-8-15(9-11-22)20(24)14-2-5-18(23)6-3-14/h2-7,12,15,23H,8-11,13H2,1H3. The average molecular weight is 360 g/mol. The first-order chi connectivity index (χ1) is 12.1. The van der Waals surface area contributed by atoms with Gasteiger partial charge in [-0.25, -0.2) is 0 Å². The normalized spacial score (nSPS) is 15.9. The molecule has 0 aromatic heterocycles. The molecular weight excluding hydrogens is 338 g/mol. The van der Waals surface area contributed by atoms with Crippen LogP contribution in [0.25, 0.3) is 0 Å². The fourth-order valence-corrected chi connectivity index (χ4v) is 3.52. The molecule has 1 fully saturated rings. The Hall–Kier alpha value is -2.04. The molecule has 0 saturated carbocycles. The zero-order valence-electron chi connectivity index (χ0n) is 14.2. The third kappa shape index (κ3) is 4.33. The topological polar surface area (TPSA) is 49.8 Å². The van der Waals surface area contributed by atoms with E-state index in [4.69, 9.17) is 16.3 Å². The zero-order valence-corrected chi connectivity index (χ0v) is 15.0. The van der Waals surface area contributed by atoms with E-state index in [-0.39, 0.29) is 17.5 Å². The number of carbonyl (C=O) groups is 1. The highest BCUT2D eigenvalue weighted by molar-refractivity contribution is 6.30. The second-order valence-corrected chi connectivity index (χ2v) is 6.85. The summed E-state index contributed by atoms with van der Waals surface area (Å²) in [6.45, 7) is 2.50. The van der Waals surface area contributed by atoms with Crippen LogP contribution in [0.4, 0.5) is 0 Å². The maximum absolute atomic E-state index is 12.6. The molecule has 0 amide bonds. The maximum atomic E-state index is 12.6. The van der Waals surface area contributed by atoms with Crippen molar-refractivity contribution in [1.82, 2.24) is 4.90 Å². The number of piperidine rings is 1. The van der Waals surface area contributed by atoms with Crippen LogP contribution in [0.1, 0.15) is 28.8 Å². The van der Waals surface area contributed by atoms with Gasteiger partial charge in [0.2, 0.25) is 0 Å². The first-order valence-electron chi connectivity index (χ1n) is 8.45. The van der Waals surface area contributed by atoms with Crippen molar-refractivity contribution >= 4 is 17.4 Å². The van der Waals surface area contributed by atoms with E-state index in [1.54, 1.807) is 31.4 Å². The van der Waals surface area contributed by atoms with Crippen molar-refractivity contribution in [3.8, 4) is 11.5 Å². The number of Topliss-reactive ketones (excluding diaryl/α,β-unsaturated/α-hetero) is 1. The summed E-state index contributed by atoms with van der Waals surface area (Å²) in [5.41, 5.74) is 1.74. The molecule has 0 radical (unpaired) electrons. The number of ether oxygens (including phenoxy) is 1. The Balaban J connectivity index is 1.59. The lowest BCUT2D eigenvalue weighted by molar-refractivity contribution is 0.0834. The molecule has 0 spiro atoms. The van der Waals surface area contributed by atoms with E-state index in [2.05, 4.69) is 4.90 Å². The van der Waals surface area contributed by atoms with Crippen LogP contribution in [0.2, 0.25) is 5.02 Å². The van der Waals surface area contributed by atoms with E-state index >= 15 is 0 Å². The molecule has 1 aliphatic rings. The minimum Gasteiger partial charge on any atom is -0.508 e. The number of aromatic hydroxyl groups is 1. The highest BCUT2D eigenvalue weighted by Crippen LogP contribution is 2.27. The number of hydrogen-bond acceptors (Lipinski definition) is 4. The lowest BCUT2D eigenvalue weighted by atomic mass is 9.88. The Morgan fingerprint density at radius 3 is 2.52 bits per heavy atom. The summed E-state index contributed by atoms with van der Waals surface area (Å²) in [4.78, 5) is 14.9. The Bertz CT molecular complexity index is 737. The number of halogens is 1. The van der Waals surface area contributed by atoms with Crippen molar-refractivity contribution < 1.29 is 14.6 Å². The van der Waals surface area contributed by atoms with Crippen LogP contribution in [-0.4, -0.2) is 36.0 Å². The molecule has 0 aliphatic carbocycles. The van der Waals surface area contributed by atoms with Crippen molar-refractivity contribution in [2.45, 2.75) is 19.4 Å². The zero-order chi connectivity index (χ0) is 17.8. The van der Waals surface area contributed by atoms with Gasteiger partial charge < -0.3 is 9.84 Å². The lowest BCUT2D eigenvalue weighted by Crippen LogP contribution is -2.36. The number of likely N-dealkylation sites (tertiary alicyclic amines) is 1. The summed E-state index contributed by atoms with van der Waals surface area (Å²) in [5.74, 6) is 1.23. The molecule has 3 rings (SSSR count). The fraction of sp³-hybridized carbons (Fsp3) is 0.350. The van der Waals surface area contributed by atoms with Gasteiger partial charge in [0.05, 0.1) is 7.11 Å². The van der Waals surface area contributed by atoms with Gasteiger partial charge in [0, 0.05) is 28.6 Å². The molecular formula is C20H22ClNO3. The largest absolute Gasteiger partial charge is 0.508 e. The number of ketones is 1. The van der Waals surface area contributed by atoms with Gasteiger partial charge in [-0.2, -0.15) is 0 Å². The molecule has 2 aromatic carbocycles. The van der Waals surface area contributed by atoms with Gasteiger partial charge in [-0.3, -0.25) is 9.69 Å². The average Bonchev–Trinajstić information content (AvgIpc) is 2.63. The molecule has 132 valence electrons. The summed E-state index contributed by atoms with van der Waals surface area (Å²) in [6.07, 6.45) is 1.67. The van der Waals surface area contributed by atoms with Gasteiger partial charge in [0.25, 0.3) is 0 Å². The predicted molar refractivity (Wildman–Crippen MR) is 98.4 cm³/mol. The highest BCUT2D eigenvalue weighted by atomic mass is 35.5. The number of nitrogens with zero attached hydrogens (tertiary/aromatic N) is 1. The predicted octanol–water partition coefficient (Wildman–Crippen LogP) is 4.15. The molecule has 25 heavy (non-hydrogen) atoms. The molecule has 0 unspecified atom stereocenters. The Kier molecular flexibility index (Phi) is 5.61. The Morgan fingerprint density at radius 2 is 1.88 bits per heavy atom. The monoisotopic (exact) mass is 359 g/mol. The van der Waals surface area contributed by atoms with Gasteiger partial charge in [0.15, 0.2) is 5.78 Å². The van der Waals surface area contributed by atoms with E-state index in [0.717, 1.165) is 43.8 Å². The van der Waals surface area contributed by atoms with Gasteiger partial charge in [-0.05, 0) is 68.4 Å². The number of hydrogen-bond donors (Lipinski definition) is 1. The molecule has 1 heterocycles. The number of rotatable bonds is 5. The first-order valence-corrected chi connectivity index (χ1v) is 8.82. The van der Waals surface area contributed by atoms with Crippen LogP contribution in [0, 0.1) is 5.92 Å². The van der Waals surface area contributed by atoms with E-state index in [1.807, 2.05) is 18.2 Å². The number of carbonyl (C=O) groups excluding carboxylic acids is 1. The number of methoxy groups -OCH3 is 1. The third-order valence-corrected chi connectivity index (χ3v) is 4.98. The van der Waals surface area contributed by atoms with E-state index in [1.165, 1.54) is 0 Å². The molecule has 1 N–H and O–H groups in total. The van der Waals surface area contributed by atoms with Crippen LogP contribution >= 0.6 is 11.6 Å². The Labute approximate surface area is 153 Å². The van der Waals surface area contributed by atoms with Gasteiger partial charge >= 0.3 is 0 Å². The van der Waals surface area contributed by atoms with Crippen LogP contribution < -0.4 is 4.74 Å². The summed E-state index contributed by atoms with van der Waals surface area (Å²) in [7, 11) is 1.66. The SMILES string of the molecule is COc1ccc(Cl)cc1CN1CCC(C(=O)c2ccc(O)cc2)CC1. The van der Waals surface area contributed by atoms with Crippen molar-refractivity contribution in [3.63, 3.8) is 0 Å². The molecule has 4 nitrogen and oxygen atoms in total. The Morgan fingerprint density at radius 1 is 1.20 bits per heavy atom. The summed E-state index contributed by atoms with van der Waals surface area (Å²) < 4.78 is 5.41. The fourth-order valence-electron chi connectivity index (χ4n) is 3.33. The minimum absolute atomic E-state index is 0.0436. The maximum Gasteiger partial charge on any atom is 0.166 e. The smallest absolute Gasteiger partial charge is 0.166 e. The van der Waals surface area contributed by atoms with Gasteiger partial charge in [-0.15, -0.1) is 0 Å². The molecule has 1 saturated heterocycles. The molecule has 5 heteroatoms. The molecule has 0 atom stereocenters.